The molecule has 0 atom stereocenters. The molecule has 0 saturated carbocycles. The maximum Gasteiger partial charge on any atom is 0.278 e. The number of nitrogens with zero attached hydrogens (tertiary/aromatic N) is 1. The first kappa shape index (κ1) is 12.7. The van der Waals surface area contributed by atoms with Gasteiger partial charge in [0.15, 0.2) is 0 Å². The summed E-state index contributed by atoms with van der Waals surface area (Å²) in [5.74, 6) is 0.654. The van der Waals surface area contributed by atoms with E-state index in [-0.39, 0.29) is 0 Å². The van der Waals surface area contributed by atoms with Crippen LogP contribution in [0.15, 0.2) is 5.16 Å². The van der Waals surface area contributed by atoms with E-state index < -0.39 is 16.6 Å². The van der Waals surface area contributed by atoms with E-state index in [0.29, 0.717) is 5.90 Å². The van der Waals surface area contributed by atoms with E-state index in [1.165, 1.54) is 0 Å². The van der Waals surface area contributed by atoms with Crippen LogP contribution in [-0.2, 0) is 8.95 Å². The number of rotatable bonds is 3. The standard InChI is InChI=1S/C8H21NO2Si2/c1-8(10-12(2,3)4)9-11-13(5,6)7/h1-7H3/b9-8+. The van der Waals surface area contributed by atoms with Crippen LogP contribution in [-0.4, -0.2) is 22.5 Å². The molecule has 0 aliphatic heterocycles. The molecule has 0 saturated heterocycles. The van der Waals surface area contributed by atoms with E-state index in [1.807, 2.05) is 6.92 Å². The summed E-state index contributed by atoms with van der Waals surface area (Å²) in [6.07, 6.45) is 0. The third kappa shape index (κ3) is 9.62. The summed E-state index contributed by atoms with van der Waals surface area (Å²) in [6, 6.07) is 0. The van der Waals surface area contributed by atoms with E-state index in [1.54, 1.807) is 0 Å². The minimum atomic E-state index is -1.55. The molecule has 0 aliphatic carbocycles. The lowest BCUT2D eigenvalue weighted by atomic mass is 10.8. The van der Waals surface area contributed by atoms with Gasteiger partial charge in [0.05, 0.1) is 0 Å². The van der Waals surface area contributed by atoms with Gasteiger partial charge in [-0.1, -0.05) is 5.16 Å². The molecule has 0 heterocycles. The van der Waals surface area contributed by atoms with Crippen molar-refractivity contribution in [2.75, 3.05) is 0 Å². The lowest BCUT2D eigenvalue weighted by Crippen LogP contribution is -2.29. The Balaban J connectivity index is 4.05. The highest BCUT2D eigenvalue weighted by Gasteiger charge is 2.19. The Morgan fingerprint density at radius 2 is 1.38 bits per heavy atom. The summed E-state index contributed by atoms with van der Waals surface area (Å²) in [5, 5.41) is 3.97. The summed E-state index contributed by atoms with van der Waals surface area (Å²) in [5.41, 5.74) is 0. The summed E-state index contributed by atoms with van der Waals surface area (Å²) in [7, 11) is -3.06. The molecule has 0 aromatic carbocycles. The fourth-order valence-corrected chi connectivity index (χ4v) is 1.99. The Morgan fingerprint density at radius 1 is 0.923 bits per heavy atom. The first-order valence-electron chi connectivity index (χ1n) is 4.52. The molecule has 0 aromatic heterocycles. The summed E-state index contributed by atoms with van der Waals surface area (Å²) in [4.78, 5) is 0. The van der Waals surface area contributed by atoms with Crippen LogP contribution < -0.4 is 0 Å². The largest absolute Gasteiger partial charge is 0.533 e. The fourth-order valence-electron chi connectivity index (χ4n) is 0.663. The highest BCUT2D eigenvalue weighted by Crippen LogP contribution is 2.06. The lowest BCUT2D eigenvalue weighted by Gasteiger charge is -2.19. The molecule has 13 heavy (non-hydrogen) atoms. The van der Waals surface area contributed by atoms with Crippen molar-refractivity contribution in [1.82, 2.24) is 0 Å². The van der Waals surface area contributed by atoms with Gasteiger partial charge in [0, 0.05) is 6.92 Å². The molecule has 0 bridgehead atoms. The van der Waals surface area contributed by atoms with Gasteiger partial charge in [-0.3, -0.25) is 0 Å². The molecule has 0 spiro atoms. The van der Waals surface area contributed by atoms with Crippen LogP contribution >= 0.6 is 0 Å². The average molecular weight is 219 g/mol. The molecular formula is C8H21NO2Si2. The SMILES string of the molecule is C/C(=N\O[Si](C)(C)C)O[Si](C)(C)C. The normalized spacial score (nSPS) is 14.2. The van der Waals surface area contributed by atoms with Crippen molar-refractivity contribution in [1.29, 1.82) is 0 Å². The maximum absolute atomic E-state index is 5.62. The summed E-state index contributed by atoms with van der Waals surface area (Å²) < 4.78 is 11.0. The van der Waals surface area contributed by atoms with E-state index in [9.17, 15) is 0 Å². The van der Waals surface area contributed by atoms with Gasteiger partial charge in [-0.05, 0) is 39.3 Å². The predicted molar refractivity (Wildman–Crippen MR) is 62.0 cm³/mol. The molecule has 5 heteroatoms. The van der Waals surface area contributed by atoms with Crippen LogP contribution in [0.25, 0.3) is 0 Å². The highest BCUT2D eigenvalue weighted by molar-refractivity contribution is 6.71. The smallest absolute Gasteiger partial charge is 0.278 e. The van der Waals surface area contributed by atoms with Crippen molar-refractivity contribution in [2.45, 2.75) is 46.2 Å². The predicted octanol–water partition coefficient (Wildman–Crippen LogP) is 3.02. The second kappa shape index (κ2) is 4.28. The molecule has 0 radical (unpaired) electrons. The van der Waals surface area contributed by atoms with Crippen LogP contribution in [0.4, 0.5) is 0 Å². The minimum Gasteiger partial charge on any atom is -0.533 e. The van der Waals surface area contributed by atoms with Crippen LogP contribution in [0.1, 0.15) is 6.92 Å². The van der Waals surface area contributed by atoms with Gasteiger partial charge in [0.25, 0.3) is 8.32 Å². The van der Waals surface area contributed by atoms with Crippen molar-refractivity contribution in [3.8, 4) is 0 Å². The second-order valence-corrected chi connectivity index (χ2v) is 13.9. The molecule has 0 fully saturated rings. The summed E-state index contributed by atoms with van der Waals surface area (Å²) >= 11 is 0. The monoisotopic (exact) mass is 219 g/mol. The third-order valence-electron chi connectivity index (χ3n) is 0.902. The van der Waals surface area contributed by atoms with Crippen molar-refractivity contribution >= 4 is 22.5 Å². The van der Waals surface area contributed by atoms with Crippen LogP contribution in [0.2, 0.25) is 39.3 Å². The Kier molecular flexibility index (Phi) is 4.18. The quantitative estimate of drug-likeness (QED) is 0.316. The molecular weight excluding hydrogens is 198 g/mol. The second-order valence-electron chi connectivity index (χ2n) is 5.03. The van der Waals surface area contributed by atoms with Crippen molar-refractivity contribution in [2.24, 2.45) is 5.16 Å². The van der Waals surface area contributed by atoms with Crippen molar-refractivity contribution in [3.05, 3.63) is 0 Å². The minimum absolute atomic E-state index is 0.654. The van der Waals surface area contributed by atoms with Crippen LogP contribution in [0, 0.1) is 0 Å². The third-order valence-corrected chi connectivity index (χ3v) is 2.45. The van der Waals surface area contributed by atoms with Gasteiger partial charge >= 0.3 is 0 Å². The molecule has 78 valence electrons. The molecule has 0 unspecified atom stereocenters. The Hall–Kier alpha value is -0.296. The molecule has 3 nitrogen and oxygen atoms in total. The molecule has 0 amide bonds. The van der Waals surface area contributed by atoms with Gasteiger partial charge in [0.1, 0.15) is 0 Å². The zero-order valence-electron chi connectivity index (χ0n) is 9.76. The molecule has 0 aliphatic rings. The number of hydrogen-bond acceptors (Lipinski definition) is 3. The number of oxime groups is 1. The Labute approximate surface area is 83.4 Å². The van der Waals surface area contributed by atoms with Gasteiger partial charge in [-0.2, -0.15) is 0 Å². The van der Waals surface area contributed by atoms with E-state index in [0.717, 1.165) is 0 Å². The van der Waals surface area contributed by atoms with Crippen molar-refractivity contribution in [3.63, 3.8) is 0 Å². The Bertz CT molecular complexity index is 191. The number of hydrogen-bond donors (Lipinski definition) is 0. The first-order valence-corrected chi connectivity index (χ1v) is 11.3. The van der Waals surface area contributed by atoms with Gasteiger partial charge in [-0.25, -0.2) is 0 Å². The maximum atomic E-state index is 5.62. The lowest BCUT2D eigenvalue weighted by molar-refractivity contribution is 0.318. The van der Waals surface area contributed by atoms with E-state index >= 15 is 0 Å². The average Bonchev–Trinajstić information content (AvgIpc) is 1.78. The van der Waals surface area contributed by atoms with E-state index in [4.69, 9.17) is 8.95 Å². The van der Waals surface area contributed by atoms with Crippen molar-refractivity contribution < 1.29 is 8.95 Å². The topological polar surface area (TPSA) is 30.8 Å². The van der Waals surface area contributed by atoms with Gasteiger partial charge < -0.3 is 8.95 Å². The van der Waals surface area contributed by atoms with E-state index in [2.05, 4.69) is 44.4 Å². The Morgan fingerprint density at radius 3 is 1.69 bits per heavy atom. The van der Waals surface area contributed by atoms with Crippen LogP contribution in [0.5, 0.6) is 0 Å². The molecule has 0 N–H and O–H groups in total. The molecule has 0 rings (SSSR count). The summed E-state index contributed by atoms with van der Waals surface area (Å²) in [6.45, 7) is 14.5. The van der Waals surface area contributed by atoms with Crippen LogP contribution in [0.3, 0.4) is 0 Å². The first-order chi connectivity index (χ1) is 5.60. The zero-order chi connectivity index (χ0) is 10.7. The van der Waals surface area contributed by atoms with Gasteiger partial charge in [-0.15, -0.1) is 0 Å². The fraction of sp³-hybridized carbons (Fsp3) is 0.875. The highest BCUT2D eigenvalue weighted by atomic mass is 28.4. The molecule has 0 aromatic rings. The zero-order valence-corrected chi connectivity index (χ0v) is 11.8. The van der Waals surface area contributed by atoms with Gasteiger partial charge in [0.2, 0.25) is 14.2 Å².